The van der Waals surface area contributed by atoms with E-state index in [2.05, 4.69) is 0 Å². The van der Waals surface area contributed by atoms with Gasteiger partial charge in [-0.2, -0.15) is 4.31 Å². The van der Waals surface area contributed by atoms with Crippen molar-refractivity contribution in [2.75, 3.05) is 4.31 Å². The maximum absolute atomic E-state index is 10.8. The minimum absolute atomic E-state index is 0.249. The van der Waals surface area contributed by atoms with Gasteiger partial charge in [0, 0.05) is 0 Å². The second-order valence-corrected chi connectivity index (χ2v) is 3.60. The number of rotatable bonds is 2. The van der Waals surface area contributed by atoms with Crippen LogP contribution in [0.25, 0.3) is 0 Å². The number of thiol groups is 1. The third-order valence-corrected chi connectivity index (χ3v) is 2.41. The first-order valence-electron chi connectivity index (χ1n) is 3.83. The Kier molecular flexibility index (Phi) is 3.08. The van der Waals surface area contributed by atoms with Gasteiger partial charge in [0.25, 0.3) is 0 Å². The lowest BCUT2D eigenvalue weighted by atomic mass is 10.2. The summed E-state index contributed by atoms with van der Waals surface area (Å²) < 4.78 is 21.9. The summed E-state index contributed by atoms with van der Waals surface area (Å²) in [5, 5.41) is 0. The molecule has 76 valence electrons. The lowest BCUT2D eigenvalue weighted by Crippen LogP contribution is -2.34. The first-order valence-corrected chi connectivity index (χ1v) is 4.96. The first kappa shape index (κ1) is 10.5. The molecule has 1 aromatic carbocycles. The Morgan fingerprint density at radius 1 is 1.29 bits per heavy atom. The number of hydrogen-bond donors (Lipinski definition) is 2. The van der Waals surface area contributed by atoms with Gasteiger partial charge in [-0.05, 0) is 19.1 Å². The number of amides is 2. The van der Waals surface area contributed by atoms with Gasteiger partial charge in [-0.25, -0.2) is 13.2 Å². The van der Waals surface area contributed by atoms with Gasteiger partial charge in [-0.15, -0.1) is 0 Å². The first-order chi connectivity index (χ1) is 6.52. The van der Waals surface area contributed by atoms with E-state index >= 15 is 0 Å². The van der Waals surface area contributed by atoms with E-state index in [1.54, 1.807) is 12.1 Å². The van der Waals surface area contributed by atoms with E-state index in [0.717, 1.165) is 5.56 Å². The zero-order chi connectivity index (χ0) is 10.7. The number of benzene rings is 1. The molecule has 0 aliphatic carbocycles. The van der Waals surface area contributed by atoms with Gasteiger partial charge in [-0.3, -0.25) is 0 Å². The van der Waals surface area contributed by atoms with Crippen LogP contribution < -0.4 is 10.0 Å². The Morgan fingerprint density at radius 3 is 2.14 bits per heavy atom. The highest BCUT2D eigenvalue weighted by Gasteiger charge is 2.13. The minimum Gasteiger partial charge on any atom is -0.350 e. The van der Waals surface area contributed by atoms with Gasteiger partial charge in [0.15, 0.2) is 0 Å². The fourth-order valence-electron chi connectivity index (χ4n) is 0.988. The molecule has 0 unspecified atom stereocenters. The van der Waals surface area contributed by atoms with Crippen LogP contribution in [0.4, 0.5) is 10.5 Å². The Labute approximate surface area is 83.2 Å². The average Bonchev–Trinajstić information content (AvgIpc) is 2.07. The standard InChI is InChI=1S/C8H10N2O3S/c1-6-2-4-7(5-3-6)10(8(9)11)14(12)13/h2-5,14H,1H3,(H2,9,11). The molecule has 14 heavy (non-hydrogen) atoms. The molecule has 0 aliphatic heterocycles. The number of hydrogen-bond acceptors (Lipinski definition) is 3. The number of aryl methyl sites for hydroxylation is 1. The molecule has 6 heteroatoms. The molecule has 0 bridgehead atoms. The van der Waals surface area contributed by atoms with E-state index in [1.165, 1.54) is 12.1 Å². The van der Waals surface area contributed by atoms with Crippen LogP contribution in [-0.4, -0.2) is 14.4 Å². The molecule has 1 rings (SSSR count). The number of carbonyl (C=O) groups excluding carboxylic acids is 1. The topological polar surface area (TPSA) is 80.5 Å². The Hall–Kier alpha value is -1.56. The molecule has 1 aromatic rings. The van der Waals surface area contributed by atoms with Crippen molar-refractivity contribution in [3.05, 3.63) is 29.8 Å². The highest BCUT2D eigenvalue weighted by Crippen LogP contribution is 2.14. The largest absolute Gasteiger partial charge is 0.350 e. The summed E-state index contributed by atoms with van der Waals surface area (Å²) in [5.41, 5.74) is 6.13. The molecule has 0 radical (unpaired) electrons. The third-order valence-electron chi connectivity index (χ3n) is 1.65. The molecule has 0 atom stereocenters. The second-order valence-electron chi connectivity index (χ2n) is 2.72. The van der Waals surface area contributed by atoms with Crippen LogP contribution in [0.2, 0.25) is 0 Å². The summed E-state index contributed by atoms with van der Waals surface area (Å²) in [5.74, 6) is 0. The van der Waals surface area contributed by atoms with E-state index < -0.39 is 16.9 Å². The number of urea groups is 1. The van der Waals surface area contributed by atoms with Gasteiger partial charge in [0.1, 0.15) is 0 Å². The lowest BCUT2D eigenvalue weighted by Gasteiger charge is -2.12. The van der Waals surface area contributed by atoms with Crippen molar-refractivity contribution in [2.45, 2.75) is 6.92 Å². The van der Waals surface area contributed by atoms with Crippen LogP contribution in [0.5, 0.6) is 0 Å². The van der Waals surface area contributed by atoms with Crippen molar-refractivity contribution in [1.82, 2.24) is 0 Å². The summed E-state index contributed by atoms with van der Waals surface area (Å²) in [6, 6.07) is 5.43. The van der Waals surface area contributed by atoms with E-state index in [1.807, 2.05) is 6.92 Å². The molecule has 0 heterocycles. The molecule has 2 amide bonds. The molecular weight excluding hydrogens is 204 g/mol. The van der Waals surface area contributed by atoms with Crippen LogP contribution in [0.3, 0.4) is 0 Å². The summed E-state index contributed by atoms with van der Waals surface area (Å²) in [4.78, 5) is 10.8. The maximum atomic E-state index is 10.8. The summed E-state index contributed by atoms with van der Waals surface area (Å²) in [6.45, 7) is 1.86. The van der Waals surface area contributed by atoms with Crippen molar-refractivity contribution >= 4 is 22.6 Å². The number of nitrogens with zero attached hydrogens (tertiary/aromatic N) is 1. The zero-order valence-electron chi connectivity index (χ0n) is 7.51. The van der Waals surface area contributed by atoms with E-state index in [4.69, 9.17) is 5.73 Å². The number of anilines is 1. The number of nitrogens with two attached hydrogens (primary N) is 1. The van der Waals surface area contributed by atoms with Gasteiger partial charge >= 0.3 is 6.03 Å². The van der Waals surface area contributed by atoms with E-state index in [9.17, 15) is 13.2 Å². The smallest absolute Gasteiger partial charge is 0.333 e. The molecule has 0 aliphatic rings. The monoisotopic (exact) mass is 214 g/mol. The molecule has 0 spiro atoms. The molecule has 0 saturated carbocycles. The SMILES string of the molecule is Cc1ccc(N(C(N)=O)[SH](=O)=O)cc1. The molecule has 0 saturated heterocycles. The van der Waals surface area contributed by atoms with Crippen LogP contribution in [0.1, 0.15) is 5.56 Å². The van der Waals surface area contributed by atoms with Gasteiger partial charge in [0.05, 0.1) is 5.69 Å². The van der Waals surface area contributed by atoms with Crippen molar-refractivity contribution in [3.8, 4) is 0 Å². The van der Waals surface area contributed by atoms with Crippen molar-refractivity contribution in [1.29, 1.82) is 0 Å². The fourth-order valence-corrected chi connectivity index (χ4v) is 1.47. The van der Waals surface area contributed by atoms with Crippen molar-refractivity contribution in [2.24, 2.45) is 5.73 Å². The van der Waals surface area contributed by atoms with Crippen LogP contribution in [-0.2, 0) is 10.9 Å². The Balaban J connectivity index is 3.12. The van der Waals surface area contributed by atoms with Crippen LogP contribution >= 0.6 is 0 Å². The molecule has 0 fully saturated rings. The molecule has 5 nitrogen and oxygen atoms in total. The molecule has 0 aromatic heterocycles. The lowest BCUT2D eigenvalue weighted by molar-refractivity contribution is 0.257. The summed E-state index contributed by atoms with van der Waals surface area (Å²) in [6.07, 6.45) is 0. The van der Waals surface area contributed by atoms with E-state index in [0.29, 0.717) is 4.31 Å². The predicted molar refractivity (Wildman–Crippen MR) is 53.6 cm³/mol. The van der Waals surface area contributed by atoms with Crippen molar-refractivity contribution in [3.63, 3.8) is 0 Å². The molecular formula is C8H10N2O3S. The summed E-state index contributed by atoms with van der Waals surface area (Å²) in [7, 11) is -3.03. The minimum atomic E-state index is -3.03. The van der Waals surface area contributed by atoms with Gasteiger partial charge < -0.3 is 5.73 Å². The quantitative estimate of drug-likeness (QED) is 0.699. The highest BCUT2D eigenvalue weighted by atomic mass is 32.2. The van der Waals surface area contributed by atoms with Crippen LogP contribution in [0, 0.1) is 6.92 Å². The predicted octanol–water partition coefficient (Wildman–Crippen LogP) is 0.407. The second kappa shape index (κ2) is 4.10. The average molecular weight is 214 g/mol. The Bertz CT molecular complexity index is 403. The molecule has 2 N–H and O–H groups in total. The van der Waals surface area contributed by atoms with Crippen molar-refractivity contribution < 1.29 is 13.2 Å². The number of primary amides is 1. The van der Waals surface area contributed by atoms with Gasteiger partial charge in [-0.1, -0.05) is 17.7 Å². The maximum Gasteiger partial charge on any atom is 0.333 e. The fraction of sp³-hybridized carbons (Fsp3) is 0.125. The number of carbonyl (C=O) groups is 1. The van der Waals surface area contributed by atoms with Crippen LogP contribution in [0.15, 0.2) is 24.3 Å². The third kappa shape index (κ3) is 2.23. The Morgan fingerprint density at radius 2 is 1.79 bits per heavy atom. The normalized spacial score (nSPS) is 10.1. The van der Waals surface area contributed by atoms with Gasteiger partial charge in [0.2, 0.25) is 10.9 Å². The van der Waals surface area contributed by atoms with E-state index in [-0.39, 0.29) is 5.69 Å². The highest BCUT2D eigenvalue weighted by molar-refractivity contribution is 7.75. The zero-order valence-corrected chi connectivity index (χ0v) is 8.40. The summed E-state index contributed by atoms with van der Waals surface area (Å²) >= 11 is 0.